The standard InChI is InChI=1S/C15H25NO/c1-15(2,3)10-7-11-16-12-14(17)13-8-5-4-6-9-13/h4-6,8-9,14,16-17H,7,10-12H2,1-3H3. The Morgan fingerprint density at radius 2 is 1.82 bits per heavy atom. The Kier molecular flexibility index (Phi) is 5.66. The van der Waals surface area contributed by atoms with E-state index in [4.69, 9.17) is 0 Å². The van der Waals surface area contributed by atoms with Crippen molar-refractivity contribution in [2.75, 3.05) is 13.1 Å². The number of hydrogen-bond acceptors (Lipinski definition) is 2. The lowest BCUT2D eigenvalue weighted by molar-refractivity contribution is 0.174. The molecular weight excluding hydrogens is 210 g/mol. The molecule has 0 heterocycles. The molecule has 0 saturated heterocycles. The minimum atomic E-state index is -0.397. The van der Waals surface area contributed by atoms with Gasteiger partial charge in [0.05, 0.1) is 6.10 Å². The molecule has 2 N–H and O–H groups in total. The highest BCUT2D eigenvalue weighted by molar-refractivity contribution is 5.17. The van der Waals surface area contributed by atoms with E-state index in [2.05, 4.69) is 26.1 Å². The van der Waals surface area contributed by atoms with Crippen LogP contribution in [0.1, 0.15) is 45.3 Å². The predicted octanol–water partition coefficient (Wildman–Crippen LogP) is 3.14. The van der Waals surface area contributed by atoms with Crippen LogP contribution in [0.2, 0.25) is 0 Å². The fourth-order valence-electron chi connectivity index (χ4n) is 1.78. The number of nitrogens with one attached hydrogen (secondary N) is 1. The smallest absolute Gasteiger partial charge is 0.0914 e. The van der Waals surface area contributed by atoms with Crippen LogP contribution >= 0.6 is 0 Å². The first-order valence-electron chi connectivity index (χ1n) is 6.43. The summed E-state index contributed by atoms with van der Waals surface area (Å²) in [6.07, 6.45) is 1.97. The van der Waals surface area contributed by atoms with Crippen molar-refractivity contribution >= 4 is 0 Å². The summed E-state index contributed by atoms with van der Waals surface area (Å²) in [6, 6.07) is 9.80. The highest BCUT2D eigenvalue weighted by Gasteiger charge is 2.09. The van der Waals surface area contributed by atoms with E-state index in [1.54, 1.807) is 0 Å². The van der Waals surface area contributed by atoms with Gasteiger partial charge in [0.25, 0.3) is 0 Å². The Hall–Kier alpha value is -0.860. The molecule has 0 bridgehead atoms. The summed E-state index contributed by atoms with van der Waals surface area (Å²) in [7, 11) is 0. The van der Waals surface area contributed by atoms with Gasteiger partial charge in [0, 0.05) is 6.54 Å². The van der Waals surface area contributed by atoms with Crippen molar-refractivity contribution in [2.45, 2.75) is 39.7 Å². The van der Waals surface area contributed by atoms with Gasteiger partial charge in [-0.2, -0.15) is 0 Å². The second-order valence-corrected chi connectivity index (χ2v) is 5.79. The summed E-state index contributed by atoms with van der Waals surface area (Å²) in [5.74, 6) is 0. The zero-order chi connectivity index (χ0) is 12.7. The summed E-state index contributed by atoms with van der Waals surface area (Å²) >= 11 is 0. The first-order valence-corrected chi connectivity index (χ1v) is 6.43. The van der Waals surface area contributed by atoms with Gasteiger partial charge in [-0.3, -0.25) is 0 Å². The minimum absolute atomic E-state index is 0.397. The highest BCUT2D eigenvalue weighted by Crippen LogP contribution is 2.19. The first-order chi connectivity index (χ1) is 7.99. The van der Waals surface area contributed by atoms with Crippen LogP contribution < -0.4 is 5.32 Å². The average Bonchev–Trinajstić information content (AvgIpc) is 2.28. The molecule has 0 aromatic heterocycles. The van der Waals surface area contributed by atoms with Crippen LogP contribution in [0.5, 0.6) is 0 Å². The molecule has 1 unspecified atom stereocenters. The molecule has 17 heavy (non-hydrogen) atoms. The Bertz CT molecular complexity index is 302. The third-order valence-corrected chi connectivity index (χ3v) is 2.80. The maximum atomic E-state index is 9.92. The molecule has 0 saturated carbocycles. The molecular formula is C15H25NO. The molecule has 96 valence electrons. The molecule has 0 aliphatic heterocycles. The largest absolute Gasteiger partial charge is 0.387 e. The van der Waals surface area contributed by atoms with Crippen LogP contribution in [-0.2, 0) is 0 Å². The van der Waals surface area contributed by atoms with Crippen LogP contribution in [0, 0.1) is 5.41 Å². The van der Waals surface area contributed by atoms with Gasteiger partial charge in [-0.25, -0.2) is 0 Å². The van der Waals surface area contributed by atoms with Crippen molar-refractivity contribution < 1.29 is 5.11 Å². The van der Waals surface area contributed by atoms with Gasteiger partial charge in [-0.05, 0) is 30.4 Å². The number of aliphatic hydroxyl groups is 1. The van der Waals surface area contributed by atoms with Crippen molar-refractivity contribution in [2.24, 2.45) is 5.41 Å². The Morgan fingerprint density at radius 3 is 2.41 bits per heavy atom. The molecule has 1 rings (SSSR count). The van der Waals surface area contributed by atoms with Crippen molar-refractivity contribution in [3.8, 4) is 0 Å². The van der Waals surface area contributed by atoms with E-state index in [1.807, 2.05) is 30.3 Å². The molecule has 1 aromatic carbocycles. The molecule has 2 heteroatoms. The van der Waals surface area contributed by atoms with Gasteiger partial charge < -0.3 is 10.4 Å². The molecule has 2 nitrogen and oxygen atoms in total. The van der Waals surface area contributed by atoms with E-state index in [0.29, 0.717) is 12.0 Å². The van der Waals surface area contributed by atoms with E-state index < -0.39 is 6.10 Å². The third-order valence-electron chi connectivity index (χ3n) is 2.80. The van der Waals surface area contributed by atoms with E-state index >= 15 is 0 Å². The zero-order valence-corrected chi connectivity index (χ0v) is 11.2. The fraction of sp³-hybridized carbons (Fsp3) is 0.600. The SMILES string of the molecule is CC(C)(C)CCCNCC(O)c1ccccc1. The Labute approximate surface area is 105 Å². The van der Waals surface area contributed by atoms with E-state index in [9.17, 15) is 5.11 Å². The van der Waals surface area contributed by atoms with E-state index in [1.165, 1.54) is 6.42 Å². The second kappa shape index (κ2) is 6.77. The minimum Gasteiger partial charge on any atom is -0.387 e. The van der Waals surface area contributed by atoms with Gasteiger partial charge >= 0.3 is 0 Å². The quantitative estimate of drug-likeness (QED) is 0.742. The van der Waals surface area contributed by atoms with Crippen LogP contribution in [0.15, 0.2) is 30.3 Å². The van der Waals surface area contributed by atoms with E-state index in [-0.39, 0.29) is 0 Å². The van der Waals surface area contributed by atoms with Crippen molar-refractivity contribution in [3.05, 3.63) is 35.9 Å². The van der Waals surface area contributed by atoms with Crippen LogP contribution in [0.3, 0.4) is 0 Å². The number of rotatable bonds is 6. The number of aliphatic hydroxyl groups excluding tert-OH is 1. The predicted molar refractivity (Wildman–Crippen MR) is 73.0 cm³/mol. The van der Waals surface area contributed by atoms with Gasteiger partial charge in [0.15, 0.2) is 0 Å². The molecule has 0 aliphatic rings. The lowest BCUT2D eigenvalue weighted by Gasteiger charge is -2.18. The fourth-order valence-corrected chi connectivity index (χ4v) is 1.78. The van der Waals surface area contributed by atoms with Gasteiger partial charge in [-0.15, -0.1) is 0 Å². The molecule has 0 radical (unpaired) electrons. The van der Waals surface area contributed by atoms with Gasteiger partial charge in [-0.1, -0.05) is 51.1 Å². The van der Waals surface area contributed by atoms with E-state index in [0.717, 1.165) is 18.5 Å². The molecule has 0 fully saturated rings. The van der Waals surface area contributed by atoms with Gasteiger partial charge in [0.2, 0.25) is 0 Å². The summed E-state index contributed by atoms with van der Waals surface area (Å²) in [5.41, 5.74) is 1.38. The first kappa shape index (κ1) is 14.2. The second-order valence-electron chi connectivity index (χ2n) is 5.79. The monoisotopic (exact) mass is 235 g/mol. The molecule has 0 amide bonds. The Morgan fingerprint density at radius 1 is 1.18 bits per heavy atom. The Balaban J connectivity index is 2.15. The lowest BCUT2D eigenvalue weighted by atomic mass is 9.91. The molecule has 0 spiro atoms. The maximum absolute atomic E-state index is 9.92. The topological polar surface area (TPSA) is 32.3 Å². The third kappa shape index (κ3) is 6.44. The van der Waals surface area contributed by atoms with Crippen molar-refractivity contribution in [1.29, 1.82) is 0 Å². The molecule has 1 atom stereocenters. The van der Waals surface area contributed by atoms with Crippen molar-refractivity contribution in [1.82, 2.24) is 5.32 Å². The maximum Gasteiger partial charge on any atom is 0.0914 e. The summed E-state index contributed by atoms with van der Waals surface area (Å²) in [5, 5.41) is 13.2. The van der Waals surface area contributed by atoms with Crippen LogP contribution in [0.25, 0.3) is 0 Å². The normalized spacial score (nSPS) is 13.6. The molecule has 1 aromatic rings. The number of benzene rings is 1. The van der Waals surface area contributed by atoms with Crippen LogP contribution in [-0.4, -0.2) is 18.2 Å². The summed E-state index contributed by atoms with van der Waals surface area (Å²) < 4.78 is 0. The van der Waals surface area contributed by atoms with Crippen LogP contribution in [0.4, 0.5) is 0 Å². The highest BCUT2D eigenvalue weighted by atomic mass is 16.3. The van der Waals surface area contributed by atoms with Crippen molar-refractivity contribution in [3.63, 3.8) is 0 Å². The van der Waals surface area contributed by atoms with Gasteiger partial charge in [0.1, 0.15) is 0 Å². The molecule has 0 aliphatic carbocycles. The lowest BCUT2D eigenvalue weighted by Crippen LogP contribution is -2.23. The average molecular weight is 235 g/mol. The summed E-state index contributed by atoms with van der Waals surface area (Å²) in [6.45, 7) is 8.37. The zero-order valence-electron chi connectivity index (χ0n) is 11.2. The number of hydrogen-bond donors (Lipinski definition) is 2. The summed E-state index contributed by atoms with van der Waals surface area (Å²) in [4.78, 5) is 0.